The molecule has 0 saturated carbocycles. The third kappa shape index (κ3) is 41.1. The Bertz CT molecular complexity index is 554. The van der Waals surface area contributed by atoms with Crippen LogP contribution in [0.1, 0.15) is 90.9 Å². The topological polar surface area (TPSA) is 109 Å². The molecule has 0 aromatic rings. The van der Waals surface area contributed by atoms with Gasteiger partial charge in [-0.05, 0) is 12.8 Å². The molecule has 0 N–H and O–H groups in total. The molecular formula is C34H68O11. The zero-order chi connectivity index (χ0) is 32.6. The number of carbonyl (C=O) groups excluding carboxylic acids is 1. The molecule has 0 aliphatic heterocycles. The van der Waals surface area contributed by atoms with E-state index in [-0.39, 0.29) is 5.97 Å². The van der Waals surface area contributed by atoms with Crippen molar-refractivity contribution in [2.75, 3.05) is 126 Å². The van der Waals surface area contributed by atoms with Crippen LogP contribution >= 0.6 is 0 Å². The molecule has 0 aromatic heterocycles. The monoisotopic (exact) mass is 652 g/mol. The Morgan fingerprint density at radius 3 is 0.911 bits per heavy atom. The summed E-state index contributed by atoms with van der Waals surface area (Å²) in [6, 6.07) is 0. The molecule has 45 heavy (non-hydrogen) atoms. The lowest BCUT2D eigenvalue weighted by Gasteiger charge is -2.09. The van der Waals surface area contributed by atoms with E-state index in [1.165, 1.54) is 44.9 Å². The van der Waals surface area contributed by atoms with Gasteiger partial charge in [-0.15, -0.1) is 0 Å². The van der Waals surface area contributed by atoms with Crippen LogP contribution in [0.3, 0.4) is 0 Å². The lowest BCUT2D eigenvalue weighted by atomic mass is 10.1. The molecule has 0 aromatic carbocycles. The second-order valence-electron chi connectivity index (χ2n) is 10.7. The maximum Gasteiger partial charge on any atom is 0.305 e. The summed E-state index contributed by atoms with van der Waals surface area (Å²) in [4.78, 5) is 11.8. The minimum absolute atomic E-state index is 0.133. The molecule has 0 radical (unpaired) electrons. The fraction of sp³-hybridized carbons (Fsp3) is 0.971. The highest BCUT2D eigenvalue weighted by molar-refractivity contribution is 5.69. The zero-order valence-electron chi connectivity index (χ0n) is 28.9. The summed E-state index contributed by atoms with van der Waals surface area (Å²) in [6.07, 6.45) is 13.9. The largest absolute Gasteiger partial charge is 0.463 e. The first kappa shape index (κ1) is 44.1. The highest BCUT2D eigenvalue weighted by atomic mass is 16.6. The summed E-state index contributed by atoms with van der Waals surface area (Å²) < 4.78 is 54.4. The lowest BCUT2D eigenvalue weighted by molar-refractivity contribution is -0.145. The van der Waals surface area contributed by atoms with Gasteiger partial charge in [-0.2, -0.15) is 0 Å². The maximum atomic E-state index is 11.8. The first-order chi connectivity index (χ1) is 22.3. The average molecular weight is 653 g/mol. The fourth-order valence-corrected chi connectivity index (χ4v) is 3.97. The van der Waals surface area contributed by atoms with E-state index in [1.54, 1.807) is 0 Å². The number of rotatable bonds is 40. The molecule has 0 bridgehead atoms. The van der Waals surface area contributed by atoms with Crippen molar-refractivity contribution in [3.63, 3.8) is 0 Å². The Morgan fingerprint density at radius 2 is 0.578 bits per heavy atom. The Hall–Kier alpha value is -0.890. The molecule has 270 valence electrons. The summed E-state index contributed by atoms with van der Waals surface area (Å²) in [5.74, 6) is -0.133. The van der Waals surface area contributed by atoms with E-state index in [4.69, 9.17) is 47.4 Å². The predicted octanol–water partition coefficient (Wildman–Crippen LogP) is 5.40. The second-order valence-corrected chi connectivity index (χ2v) is 10.7. The van der Waals surface area contributed by atoms with Crippen LogP contribution in [0.2, 0.25) is 0 Å². The third-order valence-corrected chi connectivity index (χ3v) is 6.59. The van der Waals surface area contributed by atoms with Crippen molar-refractivity contribution in [2.24, 2.45) is 0 Å². The minimum atomic E-state index is -0.133. The summed E-state index contributed by atoms with van der Waals surface area (Å²) in [5, 5.41) is 0. The van der Waals surface area contributed by atoms with Gasteiger partial charge < -0.3 is 47.4 Å². The summed E-state index contributed by atoms with van der Waals surface area (Å²) in [6.45, 7) is 14.3. The minimum Gasteiger partial charge on any atom is -0.463 e. The molecule has 0 amide bonds. The van der Waals surface area contributed by atoms with E-state index in [1.807, 2.05) is 0 Å². The van der Waals surface area contributed by atoms with E-state index in [9.17, 15) is 4.79 Å². The molecule has 0 atom stereocenters. The van der Waals surface area contributed by atoms with Gasteiger partial charge in [0.05, 0.1) is 112 Å². The summed E-state index contributed by atoms with van der Waals surface area (Å²) in [5.41, 5.74) is 0. The van der Waals surface area contributed by atoms with Crippen molar-refractivity contribution in [3.05, 3.63) is 0 Å². The highest BCUT2D eigenvalue weighted by Gasteiger charge is 2.03. The van der Waals surface area contributed by atoms with Crippen molar-refractivity contribution in [2.45, 2.75) is 90.9 Å². The van der Waals surface area contributed by atoms with E-state index in [2.05, 4.69) is 13.8 Å². The van der Waals surface area contributed by atoms with Gasteiger partial charge in [0.1, 0.15) is 6.61 Å². The maximum absolute atomic E-state index is 11.8. The average Bonchev–Trinajstić information content (AvgIpc) is 3.05. The molecule has 0 saturated heterocycles. The van der Waals surface area contributed by atoms with Crippen molar-refractivity contribution < 1.29 is 52.2 Å². The van der Waals surface area contributed by atoms with Crippen LogP contribution < -0.4 is 0 Å². The first-order valence-electron chi connectivity index (χ1n) is 17.7. The second kappa shape index (κ2) is 41.1. The van der Waals surface area contributed by atoms with Crippen molar-refractivity contribution >= 4 is 5.97 Å². The molecule has 0 spiro atoms. The Morgan fingerprint density at radius 1 is 0.311 bits per heavy atom. The number of unbranched alkanes of at least 4 members (excludes halogenated alkanes) is 9. The predicted molar refractivity (Wildman–Crippen MR) is 175 cm³/mol. The van der Waals surface area contributed by atoms with Crippen molar-refractivity contribution in [1.82, 2.24) is 0 Å². The summed E-state index contributed by atoms with van der Waals surface area (Å²) >= 11 is 0. The first-order valence-corrected chi connectivity index (χ1v) is 17.7. The molecule has 0 fully saturated rings. The Labute approximate surface area is 274 Å². The molecule has 0 unspecified atom stereocenters. The number of hydrogen-bond acceptors (Lipinski definition) is 11. The summed E-state index contributed by atoms with van der Waals surface area (Å²) in [7, 11) is 0. The molecule has 0 rings (SSSR count). The van der Waals surface area contributed by atoms with Crippen LogP contribution in [0.15, 0.2) is 0 Å². The van der Waals surface area contributed by atoms with E-state index in [0.717, 1.165) is 32.3 Å². The van der Waals surface area contributed by atoms with Crippen LogP contribution in [0, 0.1) is 0 Å². The van der Waals surface area contributed by atoms with Crippen molar-refractivity contribution in [1.29, 1.82) is 0 Å². The fourth-order valence-electron chi connectivity index (χ4n) is 3.97. The number of ether oxygens (including phenoxy) is 10. The molecule has 0 heterocycles. The number of hydrogen-bond donors (Lipinski definition) is 0. The molecule has 0 aliphatic carbocycles. The van der Waals surface area contributed by atoms with Gasteiger partial charge in [0.25, 0.3) is 0 Å². The normalized spacial score (nSPS) is 11.4. The Kier molecular flexibility index (Phi) is 40.3. The van der Waals surface area contributed by atoms with Crippen LogP contribution in [-0.4, -0.2) is 132 Å². The van der Waals surface area contributed by atoms with Gasteiger partial charge in [-0.3, -0.25) is 4.79 Å². The van der Waals surface area contributed by atoms with Gasteiger partial charge in [0.15, 0.2) is 0 Å². The molecule has 11 nitrogen and oxygen atoms in total. The van der Waals surface area contributed by atoms with E-state index >= 15 is 0 Å². The molecule has 0 aliphatic rings. The van der Waals surface area contributed by atoms with Crippen LogP contribution in [0.25, 0.3) is 0 Å². The van der Waals surface area contributed by atoms with Gasteiger partial charge >= 0.3 is 5.97 Å². The van der Waals surface area contributed by atoms with Crippen molar-refractivity contribution in [3.8, 4) is 0 Å². The quantitative estimate of drug-likeness (QED) is 0.0627. The highest BCUT2D eigenvalue weighted by Crippen LogP contribution is 2.10. The van der Waals surface area contributed by atoms with E-state index in [0.29, 0.717) is 125 Å². The van der Waals surface area contributed by atoms with E-state index < -0.39 is 0 Å². The van der Waals surface area contributed by atoms with Crippen LogP contribution in [-0.2, 0) is 52.2 Å². The lowest BCUT2D eigenvalue weighted by Crippen LogP contribution is -2.15. The standard InChI is InChI=1S/C34H68O11/c1-3-5-7-8-9-10-11-12-13-14-34(35)45-33-32-44-31-30-43-29-28-42-27-26-41-25-24-40-23-22-39-21-20-38-19-18-37-17-16-36-15-6-4-2/h3-33H2,1-2H3. The third-order valence-electron chi connectivity index (χ3n) is 6.59. The van der Waals surface area contributed by atoms with Gasteiger partial charge in [-0.1, -0.05) is 71.6 Å². The van der Waals surface area contributed by atoms with Gasteiger partial charge in [0, 0.05) is 13.0 Å². The Balaban J connectivity index is 3.10. The van der Waals surface area contributed by atoms with Crippen LogP contribution in [0.4, 0.5) is 0 Å². The smallest absolute Gasteiger partial charge is 0.305 e. The molecule has 11 heteroatoms. The number of carbonyl (C=O) groups is 1. The molecular weight excluding hydrogens is 584 g/mol. The van der Waals surface area contributed by atoms with Gasteiger partial charge in [0.2, 0.25) is 0 Å². The zero-order valence-corrected chi connectivity index (χ0v) is 28.9. The van der Waals surface area contributed by atoms with Gasteiger partial charge in [-0.25, -0.2) is 0 Å². The van der Waals surface area contributed by atoms with Crippen LogP contribution in [0.5, 0.6) is 0 Å². The SMILES string of the molecule is CCCCCCCCCCCC(=O)OCCOCCOCCOCCOCCOCCOCCOCCOCCOCCCC. The number of esters is 1.